The lowest BCUT2D eigenvalue weighted by molar-refractivity contribution is 0.550. The molecule has 0 atom stereocenters. The van der Waals surface area contributed by atoms with Crippen molar-refractivity contribution in [3.8, 4) is 0 Å². The van der Waals surface area contributed by atoms with Gasteiger partial charge in [0.1, 0.15) is 5.82 Å². The molecule has 0 spiro atoms. The molecule has 98 valence electrons. The van der Waals surface area contributed by atoms with Gasteiger partial charge < -0.3 is 10.3 Å². The Labute approximate surface area is 108 Å². The number of hydrogen-bond acceptors (Lipinski definition) is 4. The van der Waals surface area contributed by atoms with Crippen LogP contribution in [-0.2, 0) is 13.1 Å². The topological polar surface area (TPSA) is 56.7 Å². The quantitative estimate of drug-likeness (QED) is 0.727. The fraction of sp³-hybridized carbons (Fsp3) is 0.833. The maximum atomic E-state index is 5.67. The highest BCUT2D eigenvalue weighted by Gasteiger charge is 2.12. The summed E-state index contributed by atoms with van der Waals surface area (Å²) in [6, 6.07) is 0. The smallest absolute Gasteiger partial charge is 0.191 e. The second-order valence-corrected chi connectivity index (χ2v) is 5.24. The van der Waals surface area contributed by atoms with E-state index in [1.54, 1.807) is 0 Å². The maximum absolute atomic E-state index is 5.67. The van der Waals surface area contributed by atoms with Gasteiger partial charge in [-0.2, -0.15) is 0 Å². The Morgan fingerprint density at radius 2 is 1.94 bits per heavy atom. The van der Waals surface area contributed by atoms with Crippen molar-refractivity contribution in [2.45, 2.75) is 58.3 Å². The summed E-state index contributed by atoms with van der Waals surface area (Å²) in [5.74, 6) is 2.80. The second-order valence-electron chi connectivity index (χ2n) is 4.25. The van der Waals surface area contributed by atoms with Crippen molar-refractivity contribution >= 4 is 11.8 Å². The summed E-state index contributed by atoms with van der Waals surface area (Å²) in [4.78, 5) is 0. The molecule has 4 nitrogen and oxygen atoms in total. The van der Waals surface area contributed by atoms with Gasteiger partial charge in [0, 0.05) is 12.3 Å². The Morgan fingerprint density at radius 3 is 2.47 bits per heavy atom. The van der Waals surface area contributed by atoms with Crippen LogP contribution >= 0.6 is 11.8 Å². The monoisotopic (exact) mass is 256 g/mol. The van der Waals surface area contributed by atoms with E-state index in [-0.39, 0.29) is 0 Å². The lowest BCUT2D eigenvalue weighted by Crippen LogP contribution is -2.10. The zero-order valence-corrected chi connectivity index (χ0v) is 12.0. The van der Waals surface area contributed by atoms with Gasteiger partial charge in [-0.3, -0.25) is 0 Å². The van der Waals surface area contributed by atoms with E-state index in [2.05, 4.69) is 35.5 Å². The zero-order valence-electron chi connectivity index (χ0n) is 11.1. The predicted molar refractivity (Wildman–Crippen MR) is 73.0 cm³/mol. The van der Waals surface area contributed by atoms with Crippen LogP contribution in [0.1, 0.15) is 45.9 Å². The molecule has 0 aliphatic rings. The first-order chi connectivity index (χ1) is 8.26. The molecule has 1 aromatic heterocycles. The van der Waals surface area contributed by atoms with Gasteiger partial charge in [0.15, 0.2) is 5.16 Å². The molecule has 0 aromatic carbocycles. The summed E-state index contributed by atoms with van der Waals surface area (Å²) < 4.78 is 2.16. The molecule has 0 unspecified atom stereocenters. The number of aromatic nitrogens is 3. The van der Waals surface area contributed by atoms with E-state index in [4.69, 9.17) is 5.73 Å². The Kier molecular flexibility index (Phi) is 6.58. The van der Waals surface area contributed by atoms with Gasteiger partial charge >= 0.3 is 0 Å². The number of rotatable bonds is 8. The summed E-state index contributed by atoms with van der Waals surface area (Å²) in [7, 11) is 0. The van der Waals surface area contributed by atoms with E-state index < -0.39 is 0 Å². The van der Waals surface area contributed by atoms with Gasteiger partial charge in [0.25, 0.3) is 0 Å². The largest absolute Gasteiger partial charge is 0.324 e. The van der Waals surface area contributed by atoms with Crippen molar-refractivity contribution in [3.05, 3.63) is 5.82 Å². The first kappa shape index (κ1) is 14.5. The van der Waals surface area contributed by atoms with Gasteiger partial charge in [0.2, 0.25) is 0 Å². The average Bonchev–Trinajstić information content (AvgIpc) is 2.74. The van der Waals surface area contributed by atoms with E-state index in [0.717, 1.165) is 35.6 Å². The molecule has 0 aliphatic carbocycles. The highest BCUT2D eigenvalue weighted by Crippen LogP contribution is 2.23. The second kappa shape index (κ2) is 7.71. The molecular formula is C12H24N4S. The van der Waals surface area contributed by atoms with Crippen LogP contribution in [-0.4, -0.2) is 20.5 Å². The summed E-state index contributed by atoms with van der Waals surface area (Å²) in [6.07, 6.45) is 3.55. The minimum absolute atomic E-state index is 0.471. The van der Waals surface area contributed by atoms with Gasteiger partial charge in [-0.15, -0.1) is 10.2 Å². The molecule has 0 amide bonds. The Balaban J connectivity index is 2.66. The van der Waals surface area contributed by atoms with Crippen LogP contribution in [0.15, 0.2) is 5.16 Å². The third kappa shape index (κ3) is 4.00. The van der Waals surface area contributed by atoms with Gasteiger partial charge in [-0.1, -0.05) is 45.4 Å². The van der Waals surface area contributed by atoms with Crippen molar-refractivity contribution in [2.75, 3.05) is 5.75 Å². The first-order valence-corrected chi connectivity index (χ1v) is 7.50. The molecule has 0 bridgehead atoms. The highest BCUT2D eigenvalue weighted by molar-refractivity contribution is 7.99. The van der Waals surface area contributed by atoms with E-state index in [1.165, 1.54) is 12.8 Å². The molecule has 0 radical (unpaired) electrons. The van der Waals surface area contributed by atoms with Crippen molar-refractivity contribution in [1.29, 1.82) is 0 Å². The van der Waals surface area contributed by atoms with E-state index in [0.29, 0.717) is 6.54 Å². The van der Waals surface area contributed by atoms with Crippen LogP contribution in [0.25, 0.3) is 0 Å². The number of nitrogens with zero attached hydrogens (tertiary/aromatic N) is 3. The Hall–Kier alpha value is -0.550. The van der Waals surface area contributed by atoms with Gasteiger partial charge in [0.05, 0.1) is 6.54 Å². The maximum Gasteiger partial charge on any atom is 0.191 e. The molecule has 1 rings (SSSR count). The van der Waals surface area contributed by atoms with Crippen LogP contribution in [0.5, 0.6) is 0 Å². The fourth-order valence-electron chi connectivity index (χ4n) is 1.74. The normalized spacial score (nSPS) is 11.4. The molecule has 0 saturated heterocycles. The van der Waals surface area contributed by atoms with E-state index in [9.17, 15) is 0 Å². The molecule has 0 saturated carbocycles. The van der Waals surface area contributed by atoms with Crippen LogP contribution in [0, 0.1) is 5.92 Å². The van der Waals surface area contributed by atoms with Crippen LogP contribution in [0.3, 0.4) is 0 Å². The third-order valence-electron chi connectivity index (χ3n) is 3.03. The third-order valence-corrected chi connectivity index (χ3v) is 4.22. The van der Waals surface area contributed by atoms with Crippen molar-refractivity contribution < 1.29 is 0 Å². The number of hydrogen-bond donors (Lipinski definition) is 1. The van der Waals surface area contributed by atoms with Gasteiger partial charge in [-0.25, -0.2) is 0 Å². The predicted octanol–water partition coefficient (Wildman–Crippen LogP) is 2.68. The molecular weight excluding hydrogens is 232 g/mol. The molecule has 1 aromatic rings. The summed E-state index contributed by atoms with van der Waals surface area (Å²) in [5, 5.41) is 9.42. The Morgan fingerprint density at radius 1 is 1.24 bits per heavy atom. The molecule has 2 N–H and O–H groups in total. The molecule has 17 heavy (non-hydrogen) atoms. The van der Waals surface area contributed by atoms with Crippen LogP contribution in [0.2, 0.25) is 0 Å². The number of thioether (sulfide) groups is 1. The molecule has 1 heterocycles. The van der Waals surface area contributed by atoms with Crippen LogP contribution < -0.4 is 5.73 Å². The SMILES string of the molecule is CCCn1c(CN)nnc1SCC(CC)CC. The molecule has 0 fully saturated rings. The number of nitrogens with two attached hydrogens (primary N) is 1. The average molecular weight is 256 g/mol. The summed E-state index contributed by atoms with van der Waals surface area (Å²) in [6.45, 7) is 8.09. The van der Waals surface area contributed by atoms with Crippen molar-refractivity contribution in [1.82, 2.24) is 14.8 Å². The van der Waals surface area contributed by atoms with Crippen molar-refractivity contribution in [2.24, 2.45) is 11.7 Å². The van der Waals surface area contributed by atoms with E-state index in [1.807, 2.05) is 11.8 Å². The summed E-state index contributed by atoms with van der Waals surface area (Å²) in [5.41, 5.74) is 5.67. The van der Waals surface area contributed by atoms with E-state index >= 15 is 0 Å². The van der Waals surface area contributed by atoms with Gasteiger partial charge in [-0.05, 0) is 12.3 Å². The minimum atomic E-state index is 0.471. The summed E-state index contributed by atoms with van der Waals surface area (Å²) >= 11 is 1.81. The molecule has 0 aliphatic heterocycles. The molecule has 5 heteroatoms. The fourth-order valence-corrected chi connectivity index (χ4v) is 3.05. The Bertz CT molecular complexity index is 320. The lowest BCUT2D eigenvalue weighted by Gasteiger charge is -2.12. The first-order valence-electron chi connectivity index (χ1n) is 6.51. The minimum Gasteiger partial charge on any atom is -0.324 e. The zero-order chi connectivity index (χ0) is 12.7. The standard InChI is InChI=1S/C12H24N4S/c1-4-7-16-11(8-13)14-15-12(16)17-9-10(5-2)6-3/h10H,4-9,13H2,1-3H3. The van der Waals surface area contributed by atoms with Crippen molar-refractivity contribution in [3.63, 3.8) is 0 Å². The highest BCUT2D eigenvalue weighted by atomic mass is 32.2. The van der Waals surface area contributed by atoms with Crippen LogP contribution in [0.4, 0.5) is 0 Å². The lowest BCUT2D eigenvalue weighted by atomic mass is 10.1.